The van der Waals surface area contributed by atoms with Crippen LogP contribution in [0.3, 0.4) is 0 Å². The molecule has 0 aliphatic heterocycles. The van der Waals surface area contributed by atoms with Crippen LogP contribution in [0.4, 0.5) is 4.39 Å². The number of hydrogen-bond acceptors (Lipinski definition) is 3. The Morgan fingerprint density at radius 2 is 2.18 bits per heavy atom. The zero-order chi connectivity index (χ0) is 13.1. The maximum absolute atomic E-state index is 13.4. The first-order valence-electron chi connectivity index (χ1n) is 4.83. The molecule has 7 heteroatoms. The van der Waals surface area contributed by atoms with Gasteiger partial charge in [0.05, 0.1) is 6.61 Å². The van der Waals surface area contributed by atoms with Crippen LogP contribution < -0.4 is 4.72 Å². The first kappa shape index (κ1) is 14.4. The monoisotopic (exact) mass is 281 g/mol. The lowest BCUT2D eigenvalue weighted by molar-refractivity contribution is 0.180. The van der Waals surface area contributed by atoms with Gasteiger partial charge >= 0.3 is 0 Å². The molecule has 0 radical (unpaired) electrons. The van der Waals surface area contributed by atoms with Crippen LogP contribution in [0.1, 0.15) is 6.92 Å². The molecule has 0 heterocycles. The first-order chi connectivity index (χ1) is 7.86. The third-order valence-electron chi connectivity index (χ3n) is 1.96. The Morgan fingerprint density at radius 3 is 2.71 bits per heavy atom. The maximum Gasteiger partial charge on any atom is 0.243 e. The normalized spacial score (nSPS) is 13.6. The van der Waals surface area contributed by atoms with Gasteiger partial charge in [-0.05, 0) is 25.1 Å². The smallest absolute Gasteiger partial charge is 0.243 e. The van der Waals surface area contributed by atoms with Gasteiger partial charge in [0, 0.05) is 18.2 Å². The van der Waals surface area contributed by atoms with Gasteiger partial charge in [0.15, 0.2) is 0 Å². The van der Waals surface area contributed by atoms with Crippen LogP contribution in [0.25, 0.3) is 0 Å². The molecule has 0 fully saturated rings. The number of ether oxygens (including phenoxy) is 1. The van der Waals surface area contributed by atoms with E-state index >= 15 is 0 Å². The van der Waals surface area contributed by atoms with Crippen molar-refractivity contribution in [3.63, 3.8) is 0 Å². The summed E-state index contributed by atoms with van der Waals surface area (Å²) in [6, 6.07) is 2.96. The highest BCUT2D eigenvalue weighted by Gasteiger charge is 2.21. The van der Waals surface area contributed by atoms with Crippen LogP contribution in [-0.2, 0) is 14.8 Å². The topological polar surface area (TPSA) is 55.4 Å². The second kappa shape index (κ2) is 5.77. The molecular formula is C10H13ClFNO3S. The van der Waals surface area contributed by atoms with Gasteiger partial charge in [-0.2, -0.15) is 0 Å². The SMILES string of the molecule is COC[C@@H](C)NS(=O)(=O)c1ccc(Cl)cc1F. The van der Waals surface area contributed by atoms with E-state index in [1.807, 2.05) is 0 Å². The number of sulfonamides is 1. The summed E-state index contributed by atoms with van der Waals surface area (Å²) >= 11 is 5.55. The molecule has 0 aliphatic carbocycles. The van der Waals surface area contributed by atoms with E-state index in [0.717, 1.165) is 12.1 Å². The summed E-state index contributed by atoms with van der Waals surface area (Å²) < 4.78 is 44.1. The van der Waals surface area contributed by atoms with E-state index < -0.39 is 26.8 Å². The van der Waals surface area contributed by atoms with Crippen molar-refractivity contribution in [1.82, 2.24) is 4.72 Å². The summed E-state index contributed by atoms with van der Waals surface area (Å²) in [6.45, 7) is 1.82. The van der Waals surface area contributed by atoms with Crippen molar-refractivity contribution < 1.29 is 17.5 Å². The van der Waals surface area contributed by atoms with Crippen LogP contribution in [0, 0.1) is 5.82 Å². The lowest BCUT2D eigenvalue weighted by Gasteiger charge is -2.13. The van der Waals surface area contributed by atoms with Gasteiger partial charge in [0.2, 0.25) is 10.0 Å². The Morgan fingerprint density at radius 1 is 1.53 bits per heavy atom. The van der Waals surface area contributed by atoms with E-state index in [0.29, 0.717) is 0 Å². The Kier molecular flexibility index (Phi) is 4.88. The molecule has 1 aromatic carbocycles. The predicted octanol–water partition coefficient (Wildman–Crippen LogP) is 1.79. The lowest BCUT2D eigenvalue weighted by atomic mass is 10.3. The van der Waals surface area contributed by atoms with Crippen molar-refractivity contribution in [2.24, 2.45) is 0 Å². The zero-order valence-electron chi connectivity index (χ0n) is 9.41. The van der Waals surface area contributed by atoms with Gasteiger partial charge in [0.1, 0.15) is 10.7 Å². The molecule has 4 nitrogen and oxygen atoms in total. The average Bonchev–Trinajstić information content (AvgIpc) is 2.15. The Hall–Kier alpha value is -0.690. The fraction of sp³-hybridized carbons (Fsp3) is 0.400. The molecule has 0 aromatic heterocycles. The third-order valence-corrected chi connectivity index (χ3v) is 3.81. The van der Waals surface area contributed by atoms with Crippen LogP contribution in [-0.4, -0.2) is 28.2 Å². The fourth-order valence-corrected chi connectivity index (χ4v) is 2.75. The second-order valence-corrected chi connectivity index (χ2v) is 5.67. The molecule has 0 aliphatic rings. The molecule has 17 heavy (non-hydrogen) atoms. The van der Waals surface area contributed by atoms with Crippen molar-refractivity contribution >= 4 is 21.6 Å². The Balaban J connectivity index is 2.97. The summed E-state index contributed by atoms with van der Waals surface area (Å²) in [5.41, 5.74) is 0. The van der Waals surface area contributed by atoms with Gasteiger partial charge in [-0.15, -0.1) is 0 Å². The minimum absolute atomic E-state index is 0.145. The van der Waals surface area contributed by atoms with Gasteiger partial charge in [-0.3, -0.25) is 0 Å². The number of rotatable bonds is 5. The van der Waals surface area contributed by atoms with Gasteiger partial charge in [-0.1, -0.05) is 11.6 Å². The molecule has 0 saturated heterocycles. The predicted molar refractivity (Wildman–Crippen MR) is 63.1 cm³/mol. The van der Waals surface area contributed by atoms with Gasteiger partial charge in [0.25, 0.3) is 0 Å². The van der Waals surface area contributed by atoms with Crippen molar-refractivity contribution in [1.29, 1.82) is 0 Å². The van der Waals surface area contributed by atoms with E-state index in [1.54, 1.807) is 6.92 Å². The van der Waals surface area contributed by atoms with E-state index in [2.05, 4.69) is 4.72 Å². The van der Waals surface area contributed by atoms with Crippen molar-refractivity contribution in [2.45, 2.75) is 17.9 Å². The number of halogens is 2. The standard InChI is InChI=1S/C10H13ClFNO3S/c1-7(6-16-2)13-17(14,15)10-4-3-8(11)5-9(10)12/h3-5,7,13H,6H2,1-2H3/t7-/m1/s1. The summed E-state index contributed by atoms with van der Waals surface area (Å²) in [6.07, 6.45) is 0. The molecular weight excluding hydrogens is 269 g/mol. The largest absolute Gasteiger partial charge is 0.383 e. The Labute approximate surface area is 105 Å². The zero-order valence-corrected chi connectivity index (χ0v) is 11.0. The van der Waals surface area contributed by atoms with E-state index in [1.165, 1.54) is 13.2 Å². The summed E-state index contributed by atoms with van der Waals surface area (Å²) in [7, 11) is -2.44. The molecule has 1 rings (SSSR count). The molecule has 0 bridgehead atoms. The average molecular weight is 282 g/mol. The van der Waals surface area contributed by atoms with Crippen LogP contribution in [0.15, 0.2) is 23.1 Å². The van der Waals surface area contributed by atoms with E-state index in [4.69, 9.17) is 16.3 Å². The quantitative estimate of drug-likeness (QED) is 0.895. The molecule has 0 spiro atoms. The van der Waals surface area contributed by atoms with Crippen molar-refractivity contribution in [2.75, 3.05) is 13.7 Å². The second-order valence-electron chi connectivity index (χ2n) is 3.55. The summed E-state index contributed by atoms with van der Waals surface area (Å²) in [5, 5.41) is 0.145. The minimum Gasteiger partial charge on any atom is -0.383 e. The lowest BCUT2D eigenvalue weighted by Crippen LogP contribution is -2.36. The minimum atomic E-state index is -3.89. The van der Waals surface area contributed by atoms with Crippen molar-refractivity contribution in [3.8, 4) is 0 Å². The molecule has 1 N–H and O–H groups in total. The van der Waals surface area contributed by atoms with Gasteiger partial charge < -0.3 is 4.74 Å². The van der Waals surface area contributed by atoms with Crippen molar-refractivity contribution in [3.05, 3.63) is 29.0 Å². The summed E-state index contributed by atoms with van der Waals surface area (Å²) in [4.78, 5) is -0.426. The van der Waals surface area contributed by atoms with Gasteiger partial charge in [-0.25, -0.2) is 17.5 Å². The van der Waals surface area contributed by atoms with Crippen LogP contribution in [0.2, 0.25) is 5.02 Å². The molecule has 0 unspecified atom stereocenters. The molecule has 1 aromatic rings. The first-order valence-corrected chi connectivity index (χ1v) is 6.69. The molecule has 0 amide bonds. The molecule has 96 valence electrons. The highest BCUT2D eigenvalue weighted by atomic mass is 35.5. The van der Waals surface area contributed by atoms with Crippen LogP contribution >= 0.6 is 11.6 Å². The highest BCUT2D eigenvalue weighted by molar-refractivity contribution is 7.89. The van der Waals surface area contributed by atoms with E-state index in [9.17, 15) is 12.8 Å². The Bertz CT molecular complexity index is 492. The number of benzene rings is 1. The van der Waals surface area contributed by atoms with E-state index in [-0.39, 0.29) is 11.6 Å². The maximum atomic E-state index is 13.4. The number of methoxy groups -OCH3 is 1. The number of hydrogen-bond donors (Lipinski definition) is 1. The third kappa shape index (κ3) is 3.92. The number of nitrogens with one attached hydrogen (secondary N) is 1. The fourth-order valence-electron chi connectivity index (χ4n) is 1.31. The summed E-state index contributed by atoms with van der Waals surface area (Å²) in [5.74, 6) is -0.880. The highest BCUT2D eigenvalue weighted by Crippen LogP contribution is 2.18. The molecule has 1 atom stereocenters. The van der Waals surface area contributed by atoms with Crippen LogP contribution in [0.5, 0.6) is 0 Å². The molecule has 0 saturated carbocycles.